The predicted molar refractivity (Wildman–Crippen MR) is 140 cm³/mol. The Morgan fingerprint density at radius 1 is 1.34 bits per heavy atom. The molecule has 35 heavy (non-hydrogen) atoms. The molecule has 9 heteroatoms. The zero-order valence-electron chi connectivity index (χ0n) is 21.0. The van der Waals surface area contributed by atoms with E-state index in [1.54, 1.807) is 14.0 Å². The van der Waals surface area contributed by atoms with Gasteiger partial charge in [-0.15, -0.1) is 5.92 Å². The molecule has 2 aliphatic heterocycles. The summed E-state index contributed by atoms with van der Waals surface area (Å²) in [5, 5.41) is 6.15. The van der Waals surface area contributed by atoms with Crippen molar-refractivity contribution in [1.82, 2.24) is 14.9 Å². The van der Waals surface area contributed by atoms with Crippen LogP contribution in [0.3, 0.4) is 0 Å². The van der Waals surface area contributed by atoms with Crippen LogP contribution in [0, 0.1) is 11.8 Å². The number of piperidine rings is 1. The lowest BCUT2D eigenvalue weighted by atomic mass is 10.0. The second kappa shape index (κ2) is 10.4. The van der Waals surface area contributed by atoms with E-state index < -0.39 is 5.60 Å². The summed E-state index contributed by atoms with van der Waals surface area (Å²) in [5.41, 5.74) is 7.85. The monoisotopic (exact) mass is 477 g/mol. The van der Waals surface area contributed by atoms with Gasteiger partial charge in [-0.3, -0.25) is 14.4 Å². The van der Waals surface area contributed by atoms with Crippen LogP contribution in [0.5, 0.6) is 5.75 Å². The van der Waals surface area contributed by atoms with E-state index >= 15 is 0 Å². The summed E-state index contributed by atoms with van der Waals surface area (Å²) in [6.45, 7) is 8.06. The molecule has 0 spiro atoms. The smallest absolute Gasteiger partial charge is 0.272 e. The molecular weight excluding hydrogens is 442 g/mol. The zero-order valence-corrected chi connectivity index (χ0v) is 21.0. The highest BCUT2D eigenvalue weighted by Gasteiger charge is 2.30. The van der Waals surface area contributed by atoms with Crippen molar-refractivity contribution in [2.45, 2.75) is 58.2 Å². The Morgan fingerprint density at radius 3 is 2.89 bits per heavy atom. The largest absolute Gasteiger partial charge is 0.485 e. The van der Waals surface area contributed by atoms with Gasteiger partial charge >= 0.3 is 0 Å². The molecule has 0 radical (unpaired) electrons. The van der Waals surface area contributed by atoms with Crippen LogP contribution in [-0.2, 0) is 6.54 Å². The molecule has 4 rings (SSSR count). The molecular formula is C26H35N7O2. The number of rotatable bonds is 6. The highest BCUT2D eigenvalue weighted by molar-refractivity contribution is 6.01. The fourth-order valence-electron chi connectivity index (χ4n) is 4.63. The van der Waals surface area contributed by atoms with Crippen molar-refractivity contribution in [3.8, 4) is 17.6 Å². The molecule has 1 fully saturated rings. The van der Waals surface area contributed by atoms with Crippen molar-refractivity contribution < 1.29 is 9.53 Å². The Labute approximate surface area is 207 Å². The minimum Gasteiger partial charge on any atom is -0.485 e. The number of fused-ring (bicyclic) bond motifs is 1. The fourth-order valence-corrected chi connectivity index (χ4v) is 4.63. The summed E-state index contributed by atoms with van der Waals surface area (Å²) in [6, 6.07) is 7.79. The van der Waals surface area contributed by atoms with E-state index in [1.165, 1.54) is 0 Å². The number of hydrogen-bond acceptors (Lipinski definition) is 7. The van der Waals surface area contributed by atoms with Crippen LogP contribution in [0.4, 0.5) is 17.5 Å². The van der Waals surface area contributed by atoms with Crippen LogP contribution in [0.15, 0.2) is 29.3 Å². The van der Waals surface area contributed by atoms with Gasteiger partial charge in [-0.25, -0.2) is 0 Å². The topological polar surface area (TPSA) is 110 Å². The second-order valence-electron chi connectivity index (χ2n) is 9.59. The number of para-hydroxylation sites is 2. The Kier molecular flexibility index (Phi) is 7.31. The SMILES string of the molecule is CC#CCn1c(N2CCCC(N)C2)nc(NC)c1C(=O)NCC1=Nc2ccccc2OC(C)(C)C1. The number of anilines is 2. The van der Waals surface area contributed by atoms with Gasteiger partial charge in [-0.1, -0.05) is 18.1 Å². The quantitative estimate of drug-likeness (QED) is 0.552. The molecule has 186 valence electrons. The first-order valence-corrected chi connectivity index (χ1v) is 12.1. The number of imidazole rings is 1. The summed E-state index contributed by atoms with van der Waals surface area (Å²) < 4.78 is 8.04. The standard InChI is InChI=1S/C26H35N7O2/c1-5-6-14-33-22(23(28-4)31-25(33)32-13-9-10-18(27)17-32)24(34)29-16-19-15-26(2,3)35-21-12-8-7-11-20(21)30-19/h7-8,11-12,18,28H,9-10,13-17,27H2,1-4H3,(H,29,34). The molecule has 0 aliphatic carbocycles. The van der Waals surface area contributed by atoms with E-state index in [9.17, 15) is 4.79 Å². The Morgan fingerprint density at radius 2 is 2.14 bits per heavy atom. The van der Waals surface area contributed by atoms with Gasteiger partial charge in [-0.05, 0) is 45.7 Å². The number of ether oxygens (including phenoxy) is 1. The van der Waals surface area contributed by atoms with Crippen molar-refractivity contribution in [2.75, 3.05) is 36.9 Å². The first kappa shape index (κ1) is 24.6. The molecule has 1 aromatic heterocycles. The second-order valence-corrected chi connectivity index (χ2v) is 9.59. The summed E-state index contributed by atoms with van der Waals surface area (Å²) >= 11 is 0. The van der Waals surface area contributed by atoms with E-state index in [0.29, 0.717) is 43.5 Å². The van der Waals surface area contributed by atoms with Crippen molar-refractivity contribution in [3.63, 3.8) is 0 Å². The molecule has 1 aromatic carbocycles. The maximum Gasteiger partial charge on any atom is 0.272 e. The van der Waals surface area contributed by atoms with Crippen molar-refractivity contribution >= 4 is 29.1 Å². The number of carbonyl (C=O) groups excluding carboxylic acids is 1. The molecule has 3 heterocycles. The van der Waals surface area contributed by atoms with Crippen LogP contribution in [0.1, 0.15) is 50.5 Å². The lowest BCUT2D eigenvalue weighted by molar-refractivity contribution is 0.0948. The number of amides is 1. The van der Waals surface area contributed by atoms with Crippen molar-refractivity contribution in [3.05, 3.63) is 30.0 Å². The molecule has 0 bridgehead atoms. The molecule has 1 atom stereocenters. The summed E-state index contributed by atoms with van der Waals surface area (Å²) in [7, 11) is 1.77. The number of benzene rings is 1. The van der Waals surface area contributed by atoms with Crippen LogP contribution >= 0.6 is 0 Å². The van der Waals surface area contributed by atoms with Crippen molar-refractivity contribution in [1.29, 1.82) is 0 Å². The minimum absolute atomic E-state index is 0.0863. The molecule has 0 saturated carbocycles. The van der Waals surface area contributed by atoms with Gasteiger partial charge in [0.2, 0.25) is 5.95 Å². The Bertz CT molecular complexity index is 1170. The summed E-state index contributed by atoms with van der Waals surface area (Å²) in [6.07, 6.45) is 2.57. The number of nitrogens with zero attached hydrogens (tertiary/aromatic N) is 4. The fraction of sp³-hybridized carbons (Fsp3) is 0.500. The van der Waals surface area contributed by atoms with Gasteiger partial charge in [0.05, 0.1) is 13.1 Å². The van der Waals surface area contributed by atoms with E-state index in [0.717, 1.165) is 36.5 Å². The molecule has 1 amide bonds. The first-order valence-electron chi connectivity index (χ1n) is 12.1. The van der Waals surface area contributed by atoms with E-state index in [4.69, 9.17) is 20.4 Å². The Hall–Kier alpha value is -3.51. The lowest BCUT2D eigenvalue weighted by Gasteiger charge is -2.31. The van der Waals surface area contributed by atoms with E-state index in [2.05, 4.69) is 27.4 Å². The number of nitrogens with two attached hydrogens (primary N) is 1. The average molecular weight is 478 g/mol. The van der Waals surface area contributed by atoms with Crippen LogP contribution in [0.25, 0.3) is 0 Å². The third kappa shape index (κ3) is 5.60. The molecule has 2 aliphatic rings. The number of hydrogen-bond donors (Lipinski definition) is 3. The predicted octanol–water partition coefficient (Wildman–Crippen LogP) is 2.94. The Balaban J connectivity index is 1.61. The zero-order chi connectivity index (χ0) is 25.0. The normalized spacial score (nSPS) is 18.8. The van der Waals surface area contributed by atoms with Crippen LogP contribution in [0.2, 0.25) is 0 Å². The van der Waals surface area contributed by atoms with Crippen LogP contribution in [-0.4, -0.2) is 59.5 Å². The maximum absolute atomic E-state index is 13.5. The molecule has 4 N–H and O–H groups in total. The van der Waals surface area contributed by atoms with Crippen LogP contribution < -0.4 is 26.0 Å². The highest BCUT2D eigenvalue weighted by atomic mass is 16.5. The van der Waals surface area contributed by atoms with E-state index in [1.807, 2.05) is 42.7 Å². The average Bonchev–Trinajstić information content (AvgIpc) is 3.13. The number of carbonyl (C=O) groups is 1. The summed E-state index contributed by atoms with van der Waals surface area (Å²) in [5.74, 6) is 7.77. The highest BCUT2D eigenvalue weighted by Crippen LogP contribution is 2.35. The maximum atomic E-state index is 13.5. The van der Waals surface area contributed by atoms with Gasteiger partial charge in [0, 0.05) is 38.3 Å². The number of aromatic nitrogens is 2. The third-order valence-corrected chi connectivity index (χ3v) is 6.17. The molecule has 1 unspecified atom stereocenters. The van der Waals surface area contributed by atoms with Crippen molar-refractivity contribution in [2.24, 2.45) is 10.7 Å². The van der Waals surface area contributed by atoms with E-state index in [-0.39, 0.29) is 11.9 Å². The van der Waals surface area contributed by atoms with Gasteiger partial charge in [0.25, 0.3) is 5.91 Å². The summed E-state index contributed by atoms with van der Waals surface area (Å²) in [4.78, 5) is 25.2. The number of nitrogens with one attached hydrogen (secondary N) is 2. The van der Waals surface area contributed by atoms with Gasteiger partial charge in [-0.2, -0.15) is 4.98 Å². The molecule has 9 nitrogen and oxygen atoms in total. The lowest BCUT2D eigenvalue weighted by Crippen LogP contribution is -2.44. The molecule has 2 aromatic rings. The minimum atomic E-state index is -0.440. The van der Waals surface area contributed by atoms with Gasteiger partial charge in [0.1, 0.15) is 17.0 Å². The molecule has 1 saturated heterocycles. The number of aliphatic imine (C=N–C) groups is 1. The van der Waals surface area contributed by atoms with Gasteiger partial charge in [0.15, 0.2) is 11.5 Å². The third-order valence-electron chi connectivity index (χ3n) is 6.17. The first-order chi connectivity index (χ1) is 16.8. The van der Waals surface area contributed by atoms with Gasteiger partial charge < -0.3 is 26.0 Å².